The molecule has 0 aliphatic carbocycles. The molecule has 3 nitrogen and oxygen atoms in total. The summed E-state index contributed by atoms with van der Waals surface area (Å²) in [5, 5.41) is 5.78. The van der Waals surface area contributed by atoms with E-state index in [1.807, 2.05) is 0 Å². The third-order valence-electron chi connectivity index (χ3n) is 2.31. The summed E-state index contributed by atoms with van der Waals surface area (Å²) in [6, 6.07) is 3.90. The zero-order chi connectivity index (χ0) is 10.8. The molecule has 5 heteroatoms. The molecule has 1 atom stereocenters. The second kappa shape index (κ2) is 4.16. The van der Waals surface area contributed by atoms with Crippen LogP contribution in [0.15, 0.2) is 18.2 Å². The van der Waals surface area contributed by atoms with Gasteiger partial charge in [0.05, 0.1) is 5.02 Å². The van der Waals surface area contributed by atoms with Crippen molar-refractivity contribution in [2.24, 2.45) is 0 Å². The van der Waals surface area contributed by atoms with Gasteiger partial charge in [0.2, 0.25) is 5.91 Å². The van der Waals surface area contributed by atoms with Crippen LogP contribution in [0.25, 0.3) is 0 Å². The highest BCUT2D eigenvalue weighted by atomic mass is 35.5. The van der Waals surface area contributed by atoms with Crippen LogP contribution >= 0.6 is 11.6 Å². The SMILES string of the molecule is O=C1NCCNC1c1ccc(Cl)c(F)c1. The number of hydrogen-bond acceptors (Lipinski definition) is 2. The van der Waals surface area contributed by atoms with Gasteiger partial charge in [0.15, 0.2) is 0 Å². The molecular weight excluding hydrogens is 219 g/mol. The minimum absolute atomic E-state index is 0.0648. The number of carbonyl (C=O) groups excluding carboxylic acids is 1. The highest BCUT2D eigenvalue weighted by Gasteiger charge is 2.23. The molecule has 1 amide bonds. The molecule has 0 bridgehead atoms. The summed E-state index contributed by atoms with van der Waals surface area (Å²) in [6.07, 6.45) is 0. The number of rotatable bonds is 1. The Hall–Kier alpha value is -1.13. The van der Waals surface area contributed by atoms with E-state index in [9.17, 15) is 9.18 Å². The molecule has 0 radical (unpaired) electrons. The van der Waals surface area contributed by atoms with Crippen LogP contribution in [-0.4, -0.2) is 19.0 Å². The largest absolute Gasteiger partial charge is 0.353 e. The molecule has 2 rings (SSSR count). The Balaban J connectivity index is 2.28. The maximum atomic E-state index is 13.2. The first kappa shape index (κ1) is 10.4. The topological polar surface area (TPSA) is 41.1 Å². The lowest BCUT2D eigenvalue weighted by molar-refractivity contribution is -0.124. The summed E-state index contributed by atoms with van der Waals surface area (Å²) in [6.45, 7) is 1.28. The van der Waals surface area contributed by atoms with Gasteiger partial charge in [0.1, 0.15) is 11.9 Å². The molecule has 1 aliphatic rings. The van der Waals surface area contributed by atoms with Gasteiger partial charge in [0, 0.05) is 13.1 Å². The first-order valence-electron chi connectivity index (χ1n) is 4.64. The van der Waals surface area contributed by atoms with Crippen molar-refractivity contribution in [3.8, 4) is 0 Å². The molecule has 1 heterocycles. The summed E-state index contributed by atoms with van der Waals surface area (Å²) in [4.78, 5) is 11.5. The summed E-state index contributed by atoms with van der Waals surface area (Å²) in [5.74, 6) is -0.641. The number of benzene rings is 1. The van der Waals surface area contributed by atoms with E-state index in [0.29, 0.717) is 18.7 Å². The van der Waals surface area contributed by atoms with Crippen LogP contribution in [0, 0.1) is 5.82 Å². The van der Waals surface area contributed by atoms with Gasteiger partial charge >= 0.3 is 0 Å². The molecule has 1 aromatic carbocycles. The van der Waals surface area contributed by atoms with Crippen LogP contribution in [0.4, 0.5) is 4.39 Å². The smallest absolute Gasteiger partial charge is 0.241 e. The molecule has 0 saturated carbocycles. The minimum atomic E-state index is -0.505. The van der Waals surface area contributed by atoms with Crippen molar-refractivity contribution in [1.82, 2.24) is 10.6 Å². The third-order valence-corrected chi connectivity index (χ3v) is 2.62. The summed E-state index contributed by atoms with van der Waals surface area (Å²) >= 11 is 5.56. The van der Waals surface area contributed by atoms with E-state index in [2.05, 4.69) is 10.6 Å². The van der Waals surface area contributed by atoms with E-state index in [1.54, 1.807) is 6.07 Å². The van der Waals surface area contributed by atoms with Crippen molar-refractivity contribution in [1.29, 1.82) is 0 Å². The van der Waals surface area contributed by atoms with Crippen LogP contribution < -0.4 is 10.6 Å². The molecule has 0 spiro atoms. The molecule has 15 heavy (non-hydrogen) atoms. The molecule has 1 unspecified atom stereocenters. The monoisotopic (exact) mass is 228 g/mol. The van der Waals surface area contributed by atoms with Gasteiger partial charge in [-0.25, -0.2) is 4.39 Å². The normalized spacial score (nSPS) is 21.2. The van der Waals surface area contributed by atoms with Crippen molar-refractivity contribution < 1.29 is 9.18 Å². The van der Waals surface area contributed by atoms with Crippen molar-refractivity contribution in [2.75, 3.05) is 13.1 Å². The van der Waals surface area contributed by atoms with Crippen LogP contribution in [-0.2, 0) is 4.79 Å². The number of carbonyl (C=O) groups is 1. The van der Waals surface area contributed by atoms with E-state index >= 15 is 0 Å². The van der Waals surface area contributed by atoms with E-state index < -0.39 is 11.9 Å². The zero-order valence-corrected chi connectivity index (χ0v) is 8.64. The van der Waals surface area contributed by atoms with Crippen molar-refractivity contribution in [3.63, 3.8) is 0 Å². The molecule has 1 fully saturated rings. The number of piperazine rings is 1. The van der Waals surface area contributed by atoms with Crippen LogP contribution in [0.2, 0.25) is 5.02 Å². The number of hydrogen-bond donors (Lipinski definition) is 2. The fourth-order valence-corrected chi connectivity index (χ4v) is 1.68. The lowest BCUT2D eigenvalue weighted by Crippen LogP contribution is -2.47. The van der Waals surface area contributed by atoms with Gasteiger partial charge in [-0.2, -0.15) is 0 Å². The minimum Gasteiger partial charge on any atom is -0.353 e. The Bertz CT molecular complexity index is 397. The van der Waals surface area contributed by atoms with Gasteiger partial charge in [-0.05, 0) is 17.7 Å². The maximum Gasteiger partial charge on any atom is 0.241 e. The fraction of sp³-hybridized carbons (Fsp3) is 0.300. The Kier molecular flexibility index (Phi) is 2.88. The van der Waals surface area contributed by atoms with Gasteiger partial charge < -0.3 is 10.6 Å². The molecule has 2 N–H and O–H groups in total. The van der Waals surface area contributed by atoms with Crippen molar-refractivity contribution in [3.05, 3.63) is 34.6 Å². The molecule has 80 valence electrons. The van der Waals surface area contributed by atoms with E-state index in [0.717, 1.165) is 0 Å². The number of nitrogens with one attached hydrogen (secondary N) is 2. The molecule has 1 aliphatic heterocycles. The number of amides is 1. The fourth-order valence-electron chi connectivity index (χ4n) is 1.56. The Morgan fingerprint density at radius 1 is 1.40 bits per heavy atom. The van der Waals surface area contributed by atoms with Crippen LogP contribution in [0.1, 0.15) is 11.6 Å². The Morgan fingerprint density at radius 3 is 2.87 bits per heavy atom. The van der Waals surface area contributed by atoms with Crippen molar-refractivity contribution >= 4 is 17.5 Å². The Labute approximate surface area is 91.6 Å². The van der Waals surface area contributed by atoms with Gasteiger partial charge in [0.25, 0.3) is 0 Å². The molecule has 1 aromatic rings. The first-order chi connectivity index (χ1) is 7.18. The van der Waals surface area contributed by atoms with E-state index in [-0.39, 0.29) is 10.9 Å². The van der Waals surface area contributed by atoms with E-state index in [1.165, 1.54) is 12.1 Å². The molecular formula is C10H10ClFN2O. The third kappa shape index (κ3) is 2.11. The predicted octanol–water partition coefficient (Wildman–Crippen LogP) is 1.24. The standard InChI is InChI=1S/C10H10ClFN2O/c11-7-2-1-6(5-8(7)12)9-10(15)14-4-3-13-9/h1-2,5,9,13H,3-4H2,(H,14,15). The predicted molar refractivity (Wildman–Crippen MR) is 55.2 cm³/mol. The van der Waals surface area contributed by atoms with E-state index in [4.69, 9.17) is 11.6 Å². The Morgan fingerprint density at radius 2 is 2.20 bits per heavy atom. The second-order valence-corrected chi connectivity index (χ2v) is 3.76. The second-order valence-electron chi connectivity index (χ2n) is 3.35. The average molecular weight is 229 g/mol. The number of halogens is 2. The highest BCUT2D eigenvalue weighted by Crippen LogP contribution is 2.21. The lowest BCUT2D eigenvalue weighted by Gasteiger charge is -2.23. The summed E-state index contributed by atoms with van der Waals surface area (Å²) in [5.41, 5.74) is 0.592. The highest BCUT2D eigenvalue weighted by molar-refractivity contribution is 6.30. The quantitative estimate of drug-likeness (QED) is 0.760. The van der Waals surface area contributed by atoms with Gasteiger partial charge in [-0.15, -0.1) is 0 Å². The summed E-state index contributed by atoms with van der Waals surface area (Å²) < 4.78 is 13.2. The van der Waals surface area contributed by atoms with Crippen LogP contribution in [0.3, 0.4) is 0 Å². The first-order valence-corrected chi connectivity index (χ1v) is 5.02. The maximum absolute atomic E-state index is 13.2. The lowest BCUT2D eigenvalue weighted by atomic mass is 10.0. The van der Waals surface area contributed by atoms with Crippen molar-refractivity contribution in [2.45, 2.75) is 6.04 Å². The molecule has 1 saturated heterocycles. The molecule has 0 aromatic heterocycles. The van der Waals surface area contributed by atoms with Gasteiger partial charge in [-0.1, -0.05) is 17.7 Å². The van der Waals surface area contributed by atoms with Gasteiger partial charge in [-0.3, -0.25) is 4.79 Å². The van der Waals surface area contributed by atoms with Crippen LogP contribution in [0.5, 0.6) is 0 Å². The zero-order valence-electron chi connectivity index (χ0n) is 7.89. The average Bonchev–Trinajstić information content (AvgIpc) is 2.23. The summed E-state index contributed by atoms with van der Waals surface area (Å²) in [7, 11) is 0.